The highest BCUT2D eigenvalue weighted by molar-refractivity contribution is 7.13. The van der Waals surface area contributed by atoms with E-state index in [4.69, 9.17) is 5.11 Å². The number of hydrogen-bond acceptors (Lipinski definition) is 3. The molecule has 0 fully saturated rings. The summed E-state index contributed by atoms with van der Waals surface area (Å²) in [5.74, 6) is 0. The Morgan fingerprint density at radius 2 is 2.27 bits per heavy atom. The lowest BCUT2D eigenvalue weighted by molar-refractivity contribution is 0.0759. The van der Waals surface area contributed by atoms with E-state index in [9.17, 15) is 4.39 Å². The van der Waals surface area contributed by atoms with Crippen LogP contribution in [0.15, 0.2) is 35.8 Å². The van der Waals surface area contributed by atoms with E-state index in [1.165, 1.54) is 6.20 Å². The molecule has 0 saturated carbocycles. The monoisotopic (exact) mass is 222 g/mol. The zero-order valence-corrected chi connectivity index (χ0v) is 8.62. The molecule has 1 atom stereocenters. The molecule has 15 heavy (non-hydrogen) atoms. The van der Waals surface area contributed by atoms with Crippen LogP contribution in [-0.2, 0) is 0 Å². The molecule has 2 rings (SSSR count). The summed E-state index contributed by atoms with van der Waals surface area (Å²) in [6.07, 6.45) is 0.711. The Labute approximate surface area is 91.0 Å². The molecule has 0 amide bonds. The first-order valence-corrected chi connectivity index (χ1v) is 5.30. The van der Waals surface area contributed by atoms with Crippen molar-refractivity contribution in [1.29, 1.82) is 0 Å². The second-order valence-electron chi connectivity index (χ2n) is 2.99. The molecule has 0 aliphatic rings. The Hall–Kier alpha value is -1.26. The van der Waals surface area contributed by atoms with E-state index in [-0.39, 0.29) is 0 Å². The first kappa shape index (κ1) is 10.3. The molecule has 1 radical (unpaired) electrons. The third-order valence-electron chi connectivity index (χ3n) is 1.89. The van der Waals surface area contributed by atoms with E-state index in [1.807, 2.05) is 17.5 Å². The number of rotatable bonds is 3. The summed E-state index contributed by atoms with van der Waals surface area (Å²) in [6, 6.07) is 7.46. The van der Waals surface area contributed by atoms with Gasteiger partial charge in [-0.2, -0.15) is 0 Å². The Bertz CT molecular complexity index is 411. The predicted molar refractivity (Wildman–Crippen MR) is 58.1 cm³/mol. The summed E-state index contributed by atoms with van der Waals surface area (Å²) in [4.78, 5) is 5.25. The van der Waals surface area contributed by atoms with Gasteiger partial charge >= 0.3 is 0 Å². The van der Waals surface area contributed by atoms with Crippen LogP contribution in [0.25, 0.3) is 10.6 Å². The molecule has 0 spiro atoms. The number of alkyl halides is 1. The van der Waals surface area contributed by atoms with Gasteiger partial charge < -0.3 is 5.11 Å². The molecule has 0 aliphatic carbocycles. The number of aromatic nitrogens is 1. The third kappa shape index (κ3) is 2.61. The molecular weight excluding hydrogens is 213 g/mol. The van der Waals surface area contributed by atoms with E-state index < -0.39 is 6.36 Å². The van der Waals surface area contributed by atoms with Gasteiger partial charge in [0.2, 0.25) is 6.36 Å². The predicted octanol–water partition coefficient (Wildman–Crippen LogP) is 2.65. The highest BCUT2D eigenvalue weighted by Crippen LogP contribution is 2.22. The Morgan fingerprint density at radius 3 is 2.80 bits per heavy atom. The fourth-order valence-corrected chi connectivity index (χ4v) is 1.94. The molecular formula is C11H9FNOS. The molecule has 2 nitrogen and oxygen atoms in total. The first-order valence-electron chi connectivity index (χ1n) is 4.42. The minimum Gasteiger partial charge on any atom is -0.364 e. The second-order valence-corrected chi connectivity index (χ2v) is 3.94. The van der Waals surface area contributed by atoms with Crippen molar-refractivity contribution in [3.05, 3.63) is 47.8 Å². The maximum absolute atomic E-state index is 12.2. The zero-order valence-electron chi connectivity index (χ0n) is 7.80. The average Bonchev–Trinajstić information content (AvgIpc) is 2.71. The van der Waals surface area contributed by atoms with E-state index in [1.54, 1.807) is 23.5 Å². The van der Waals surface area contributed by atoms with Gasteiger partial charge in [0.15, 0.2) is 0 Å². The quantitative estimate of drug-likeness (QED) is 0.866. The lowest BCUT2D eigenvalue weighted by atomic mass is 10.2. The van der Waals surface area contributed by atoms with Crippen LogP contribution in [0.1, 0.15) is 5.56 Å². The summed E-state index contributed by atoms with van der Waals surface area (Å²) < 4.78 is 12.2. The van der Waals surface area contributed by atoms with Crippen molar-refractivity contribution >= 4 is 11.3 Å². The van der Waals surface area contributed by atoms with Crippen LogP contribution in [0.5, 0.6) is 0 Å². The number of nitrogens with zero attached hydrogens (tertiary/aromatic N) is 1. The van der Waals surface area contributed by atoms with Crippen molar-refractivity contribution < 1.29 is 9.50 Å². The maximum atomic E-state index is 12.2. The smallest absolute Gasteiger partial charge is 0.204 e. The highest BCUT2D eigenvalue weighted by Gasteiger charge is 2.04. The van der Waals surface area contributed by atoms with Gasteiger partial charge in [0, 0.05) is 6.20 Å². The Morgan fingerprint density at radius 1 is 1.40 bits per heavy atom. The van der Waals surface area contributed by atoms with Crippen LogP contribution in [0.3, 0.4) is 0 Å². The van der Waals surface area contributed by atoms with Crippen LogP contribution in [-0.4, -0.2) is 16.4 Å². The molecule has 2 aromatic heterocycles. The second kappa shape index (κ2) is 4.51. The summed E-state index contributed by atoms with van der Waals surface area (Å²) in [5, 5.41) is 10.5. The van der Waals surface area contributed by atoms with Crippen molar-refractivity contribution in [2.24, 2.45) is 0 Å². The van der Waals surface area contributed by atoms with Crippen molar-refractivity contribution in [3.8, 4) is 10.6 Å². The molecule has 2 aromatic rings. The highest BCUT2D eigenvalue weighted by atomic mass is 32.1. The molecule has 1 unspecified atom stereocenters. The first-order chi connectivity index (χ1) is 7.25. The molecule has 0 bridgehead atoms. The van der Waals surface area contributed by atoms with E-state index >= 15 is 0 Å². The van der Waals surface area contributed by atoms with Crippen LogP contribution < -0.4 is 0 Å². The molecule has 1 N–H and O–H groups in total. The summed E-state index contributed by atoms with van der Waals surface area (Å²) >= 11 is 1.60. The van der Waals surface area contributed by atoms with Crippen LogP contribution >= 0.6 is 11.3 Å². The van der Waals surface area contributed by atoms with Crippen LogP contribution in [0.4, 0.5) is 4.39 Å². The number of aliphatic hydroxyl groups excluding tert-OH is 1. The largest absolute Gasteiger partial charge is 0.364 e. The van der Waals surface area contributed by atoms with Crippen molar-refractivity contribution in [1.82, 2.24) is 4.98 Å². The summed E-state index contributed by atoms with van der Waals surface area (Å²) in [7, 11) is 0. The summed E-state index contributed by atoms with van der Waals surface area (Å²) in [5.41, 5.74) is 1.43. The van der Waals surface area contributed by atoms with Gasteiger partial charge in [-0.1, -0.05) is 12.1 Å². The number of thiophene rings is 1. The molecule has 0 aromatic carbocycles. The third-order valence-corrected chi connectivity index (χ3v) is 2.78. The number of pyridine rings is 1. The summed E-state index contributed by atoms with van der Waals surface area (Å²) in [6.45, 7) is 0. The topological polar surface area (TPSA) is 33.1 Å². The van der Waals surface area contributed by atoms with E-state index in [0.29, 0.717) is 5.56 Å². The minimum absolute atomic E-state index is 0.574. The minimum atomic E-state index is -1.93. The Balaban J connectivity index is 2.17. The van der Waals surface area contributed by atoms with E-state index in [0.717, 1.165) is 17.0 Å². The zero-order chi connectivity index (χ0) is 10.7. The van der Waals surface area contributed by atoms with Gasteiger partial charge in [-0.15, -0.1) is 11.3 Å². The molecule has 0 saturated heterocycles. The normalized spacial score (nSPS) is 12.7. The SMILES string of the molecule is OC(F)[CH]c1ccc(-c2cccs2)nc1. The lowest BCUT2D eigenvalue weighted by Crippen LogP contribution is -1.99. The standard InChI is InChI=1S/C11H9FNOS/c12-11(14)6-8-3-4-9(13-7-8)10-2-1-5-15-10/h1-7,11,14H. The molecule has 4 heteroatoms. The van der Waals surface area contributed by atoms with Gasteiger partial charge in [0.25, 0.3) is 0 Å². The van der Waals surface area contributed by atoms with Gasteiger partial charge in [-0.05, 0) is 23.1 Å². The average molecular weight is 222 g/mol. The maximum Gasteiger partial charge on any atom is 0.204 e. The van der Waals surface area contributed by atoms with Gasteiger partial charge in [-0.3, -0.25) is 4.98 Å². The molecule has 0 aliphatic heterocycles. The number of hydrogen-bond donors (Lipinski definition) is 1. The fourth-order valence-electron chi connectivity index (χ4n) is 1.23. The fraction of sp³-hybridized carbons (Fsp3) is 0.0909. The van der Waals surface area contributed by atoms with Gasteiger partial charge in [-0.25, -0.2) is 4.39 Å². The van der Waals surface area contributed by atoms with Crippen molar-refractivity contribution in [3.63, 3.8) is 0 Å². The lowest BCUT2D eigenvalue weighted by Gasteiger charge is -2.01. The number of halogens is 1. The Kier molecular flexibility index (Phi) is 3.08. The molecule has 77 valence electrons. The van der Waals surface area contributed by atoms with Crippen molar-refractivity contribution in [2.75, 3.05) is 0 Å². The number of aliphatic hydroxyl groups is 1. The van der Waals surface area contributed by atoms with Gasteiger partial charge in [0.05, 0.1) is 17.0 Å². The molecule has 2 heterocycles. The van der Waals surface area contributed by atoms with Crippen LogP contribution in [0, 0.1) is 6.42 Å². The van der Waals surface area contributed by atoms with Crippen molar-refractivity contribution in [2.45, 2.75) is 6.36 Å². The van der Waals surface area contributed by atoms with Gasteiger partial charge in [0.1, 0.15) is 0 Å². The van der Waals surface area contributed by atoms with Crippen LogP contribution in [0.2, 0.25) is 0 Å². The van der Waals surface area contributed by atoms with E-state index in [2.05, 4.69) is 4.98 Å².